The fourth-order valence-corrected chi connectivity index (χ4v) is 8.07. The van der Waals surface area contributed by atoms with Crippen molar-refractivity contribution in [1.82, 2.24) is 36.4 Å². The number of rotatable bonds is 21. The third kappa shape index (κ3) is 13.3. The third-order valence-corrected chi connectivity index (χ3v) is 12.4. The number of hydrogen-bond acceptors (Lipinski definition) is 13. The van der Waals surface area contributed by atoms with Crippen LogP contribution in [0.15, 0.2) is 47.1 Å². The fourth-order valence-electron chi connectivity index (χ4n) is 8.07. The van der Waals surface area contributed by atoms with E-state index >= 15 is 0 Å². The molecule has 11 N–H and O–H groups in total. The van der Waals surface area contributed by atoms with E-state index in [0.717, 1.165) is 5.57 Å². The number of anilines is 1. The van der Waals surface area contributed by atoms with E-state index in [0.29, 0.717) is 35.2 Å². The highest BCUT2D eigenvalue weighted by molar-refractivity contribution is 6.09. The van der Waals surface area contributed by atoms with Gasteiger partial charge in [0.25, 0.3) is 0 Å². The molecule has 0 saturated heterocycles. The van der Waals surface area contributed by atoms with E-state index in [9.17, 15) is 48.3 Å². The Bertz CT molecular complexity index is 2150. The molecule has 1 aromatic rings. The second-order valence-corrected chi connectivity index (χ2v) is 18.3. The number of urea groups is 1. The SMILES string of the molecule is CC1=C2C(=CC(C)(C)[C@H]2OC(=O)N(C)CCN(C)C(=O)OCc2ccc(NC(=O)[C@H](CCCNC(N)=O)NC(=O)[C@@H](NC(=O)CNC(=O)CNC(=O)CN)C(C)C)cc2)C(=O)[C@](C)(O)C12CC2. The van der Waals surface area contributed by atoms with Crippen molar-refractivity contribution in [3.63, 3.8) is 0 Å². The van der Waals surface area contributed by atoms with E-state index < -0.39 is 101 Å². The summed E-state index contributed by atoms with van der Waals surface area (Å²) in [6.07, 6.45) is 1.41. The predicted molar refractivity (Wildman–Crippen MR) is 243 cm³/mol. The summed E-state index contributed by atoms with van der Waals surface area (Å²) < 4.78 is 11.5. The minimum absolute atomic E-state index is 0.0719. The number of likely N-dealkylation sites (N-methyl/N-ethyl adjacent to an activating group) is 2. The van der Waals surface area contributed by atoms with Crippen molar-refractivity contribution >= 4 is 59.2 Å². The molecule has 0 heterocycles. The van der Waals surface area contributed by atoms with Crippen molar-refractivity contribution < 1.29 is 57.7 Å². The average molecular weight is 939 g/mol. The maximum Gasteiger partial charge on any atom is 0.410 e. The summed E-state index contributed by atoms with van der Waals surface area (Å²) in [6, 6.07) is 3.40. The Morgan fingerprint density at radius 1 is 0.851 bits per heavy atom. The Morgan fingerprint density at radius 2 is 1.45 bits per heavy atom. The molecule has 67 heavy (non-hydrogen) atoms. The normalized spacial score (nSPS) is 19.5. The number of hydrogen-bond donors (Lipinski definition) is 9. The second-order valence-electron chi connectivity index (χ2n) is 18.3. The van der Waals surface area contributed by atoms with Gasteiger partial charge < -0.3 is 67.7 Å². The molecule has 22 heteroatoms. The van der Waals surface area contributed by atoms with Crippen LogP contribution < -0.4 is 43.4 Å². The number of amides is 9. The molecule has 3 aliphatic rings. The van der Waals surface area contributed by atoms with Gasteiger partial charge in [-0.3, -0.25) is 28.8 Å². The zero-order chi connectivity index (χ0) is 50.0. The predicted octanol–water partition coefficient (Wildman–Crippen LogP) is 0.292. The largest absolute Gasteiger partial charge is 0.445 e. The second kappa shape index (κ2) is 22.3. The Labute approximate surface area is 389 Å². The molecule has 0 aliphatic heterocycles. The average Bonchev–Trinajstić information content (AvgIpc) is 4.05. The number of Topliss-reactive ketones (excluding diaryl/α,β-unsaturated/α-hetero) is 1. The topological polar surface area (TPSA) is 323 Å². The standard InChI is InChI=1S/C45H66N10O12/c1-25(2)35(53-33(58)23-50-32(57)22-49-31(56)21-46)39(61)52-30(10-9-17-48-40(47)62)38(60)51-28-13-11-27(12-14-28)24-66-41(63)54(7)18-19-55(8)42(64)67-37-34-26(3)45(15-16-45)44(6,65)36(59)29(34)20-43(37,4)5/h11-14,20,25,30,35,37,65H,9-10,15-19,21-24,46H2,1-8H3,(H,49,56)(H,50,57)(H,51,60)(H,52,61)(H,53,58)(H3,47,48,62)/t30-,35-,37-,44-/m0/s1. The van der Waals surface area contributed by atoms with Crippen LogP contribution in [0.3, 0.4) is 0 Å². The molecule has 0 unspecified atom stereocenters. The lowest BCUT2D eigenvalue weighted by Crippen LogP contribution is -2.56. The minimum atomic E-state index is -1.52. The summed E-state index contributed by atoms with van der Waals surface area (Å²) in [5.41, 5.74) is 10.3. The Hall–Kier alpha value is -6.55. The molecule has 22 nitrogen and oxygen atoms in total. The molecule has 0 bridgehead atoms. The first-order chi connectivity index (χ1) is 31.3. The van der Waals surface area contributed by atoms with Gasteiger partial charge >= 0.3 is 18.2 Å². The van der Waals surface area contributed by atoms with Gasteiger partial charge in [0.15, 0.2) is 5.78 Å². The molecular formula is C45H66N10O12. The Balaban J connectivity index is 1.27. The molecule has 0 radical (unpaired) electrons. The highest BCUT2D eigenvalue weighted by Crippen LogP contribution is 2.65. The van der Waals surface area contributed by atoms with Gasteiger partial charge in [-0.05, 0) is 63.1 Å². The van der Waals surface area contributed by atoms with Crippen molar-refractivity contribution in [3.05, 3.63) is 52.6 Å². The fraction of sp³-hybridized carbons (Fsp3) is 0.578. The lowest BCUT2D eigenvalue weighted by molar-refractivity contribution is -0.138. The highest BCUT2D eigenvalue weighted by Gasteiger charge is 2.66. The first kappa shape index (κ1) is 53.1. The van der Waals surface area contributed by atoms with Crippen molar-refractivity contribution in [3.8, 4) is 0 Å². The van der Waals surface area contributed by atoms with Crippen LogP contribution in [0.5, 0.6) is 0 Å². The van der Waals surface area contributed by atoms with E-state index in [4.69, 9.17) is 20.9 Å². The molecule has 1 spiro atoms. The molecule has 4 rings (SSSR count). The number of aliphatic hydroxyl groups is 1. The lowest BCUT2D eigenvalue weighted by Gasteiger charge is -2.40. The summed E-state index contributed by atoms with van der Waals surface area (Å²) in [6.45, 7) is 9.58. The highest BCUT2D eigenvalue weighted by atomic mass is 16.6. The van der Waals surface area contributed by atoms with Crippen molar-refractivity contribution in [2.75, 3.05) is 58.7 Å². The third-order valence-electron chi connectivity index (χ3n) is 12.4. The molecule has 1 saturated carbocycles. The van der Waals surface area contributed by atoms with E-state index in [2.05, 4.69) is 31.9 Å². The van der Waals surface area contributed by atoms with Crippen LogP contribution >= 0.6 is 0 Å². The zero-order valence-corrected chi connectivity index (χ0v) is 39.5. The monoisotopic (exact) mass is 938 g/mol. The molecular weight excluding hydrogens is 873 g/mol. The molecule has 3 aliphatic carbocycles. The quantitative estimate of drug-likeness (QED) is 0.0750. The number of carbonyl (C=O) groups excluding carboxylic acids is 9. The minimum Gasteiger partial charge on any atom is -0.445 e. The first-order valence-corrected chi connectivity index (χ1v) is 22.1. The van der Waals surface area contributed by atoms with Gasteiger partial charge in [0.1, 0.15) is 30.4 Å². The lowest BCUT2D eigenvalue weighted by atomic mass is 9.67. The molecule has 1 aromatic carbocycles. The van der Waals surface area contributed by atoms with Gasteiger partial charge in [-0.15, -0.1) is 0 Å². The van der Waals surface area contributed by atoms with Gasteiger partial charge in [0.05, 0.1) is 19.6 Å². The number of primary amides is 1. The van der Waals surface area contributed by atoms with Crippen molar-refractivity contribution in [1.29, 1.82) is 0 Å². The smallest absolute Gasteiger partial charge is 0.410 e. The van der Waals surface area contributed by atoms with Crippen LogP contribution in [-0.4, -0.2) is 146 Å². The van der Waals surface area contributed by atoms with Gasteiger partial charge in [-0.2, -0.15) is 0 Å². The number of benzene rings is 1. The van der Waals surface area contributed by atoms with E-state index in [1.54, 1.807) is 58.2 Å². The van der Waals surface area contributed by atoms with Crippen LogP contribution in [0.1, 0.15) is 72.8 Å². The molecule has 1 fully saturated rings. The first-order valence-electron chi connectivity index (χ1n) is 22.1. The van der Waals surface area contributed by atoms with E-state index in [-0.39, 0.29) is 51.4 Å². The maximum atomic E-state index is 13.5. The summed E-state index contributed by atoms with van der Waals surface area (Å²) in [7, 11) is 3.06. The van der Waals surface area contributed by atoms with Crippen LogP contribution in [-0.2, 0) is 44.8 Å². The van der Waals surface area contributed by atoms with Gasteiger partial charge in [0, 0.05) is 61.4 Å². The number of nitrogens with one attached hydrogen (secondary N) is 6. The van der Waals surface area contributed by atoms with Crippen LogP contribution in [0.25, 0.3) is 0 Å². The number of fused-ring (bicyclic) bond motifs is 1. The Kier molecular flexibility index (Phi) is 17.7. The van der Waals surface area contributed by atoms with Crippen molar-refractivity contribution in [2.45, 2.75) is 97.6 Å². The van der Waals surface area contributed by atoms with Crippen LogP contribution in [0.2, 0.25) is 0 Å². The van der Waals surface area contributed by atoms with Crippen LogP contribution in [0.4, 0.5) is 20.1 Å². The van der Waals surface area contributed by atoms with Gasteiger partial charge in [0.2, 0.25) is 29.5 Å². The number of carbonyl (C=O) groups is 9. The van der Waals surface area contributed by atoms with Crippen LogP contribution in [0, 0.1) is 16.7 Å². The number of ketones is 1. The summed E-state index contributed by atoms with van der Waals surface area (Å²) in [5.74, 6) is -3.99. The summed E-state index contributed by atoms with van der Waals surface area (Å²) in [5, 5.41) is 26.2. The number of nitrogens with zero attached hydrogens (tertiary/aromatic N) is 2. The van der Waals surface area contributed by atoms with E-state index in [1.165, 1.54) is 16.8 Å². The summed E-state index contributed by atoms with van der Waals surface area (Å²) in [4.78, 5) is 116. The molecule has 368 valence electrons. The number of nitrogens with two attached hydrogens (primary N) is 2. The molecule has 0 aromatic heterocycles. The van der Waals surface area contributed by atoms with Gasteiger partial charge in [-0.25, -0.2) is 14.4 Å². The van der Waals surface area contributed by atoms with Gasteiger partial charge in [-0.1, -0.05) is 51.5 Å². The number of ether oxygens (including phenoxy) is 2. The Morgan fingerprint density at radius 3 is 2.03 bits per heavy atom. The maximum absolute atomic E-state index is 13.5. The summed E-state index contributed by atoms with van der Waals surface area (Å²) >= 11 is 0. The van der Waals surface area contributed by atoms with Crippen molar-refractivity contribution in [2.24, 2.45) is 28.2 Å². The van der Waals surface area contributed by atoms with E-state index in [1.807, 2.05) is 20.8 Å². The molecule has 9 amide bonds. The zero-order valence-electron chi connectivity index (χ0n) is 39.5. The molecule has 4 atom stereocenters.